The van der Waals surface area contributed by atoms with Gasteiger partial charge in [-0.15, -0.1) is 0 Å². The lowest BCUT2D eigenvalue weighted by atomic mass is 10.1. The van der Waals surface area contributed by atoms with E-state index >= 15 is 0 Å². The van der Waals surface area contributed by atoms with Gasteiger partial charge in [-0.3, -0.25) is 0 Å². The monoisotopic (exact) mass is 285 g/mol. The fraction of sp³-hybridized carbons (Fsp3) is 0.933. The molecule has 0 saturated carbocycles. The van der Waals surface area contributed by atoms with Crippen LogP contribution in [-0.4, -0.2) is 55.4 Å². The minimum atomic E-state index is -0.367. The lowest BCUT2D eigenvalue weighted by molar-refractivity contribution is 0.0216. The molecule has 0 aliphatic carbocycles. The summed E-state index contributed by atoms with van der Waals surface area (Å²) in [5.41, 5.74) is -0.367. The fourth-order valence-electron chi connectivity index (χ4n) is 2.20. The zero-order valence-electron chi connectivity index (χ0n) is 13.5. The van der Waals surface area contributed by atoms with Gasteiger partial charge in [-0.2, -0.15) is 0 Å². The van der Waals surface area contributed by atoms with E-state index in [4.69, 9.17) is 4.74 Å². The maximum Gasteiger partial charge on any atom is 0.410 e. The van der Waals surface area contributed by atoms with E-state index < -0.39 is 0 Å². The quantitative estimate of drug-likeness (QED) is 0.714. The van der Waals surface area contributed by atoms with Gasteiger partial charge in [-0.25, -0.2) is 4.79 Å². The molecule has 2 aliphatic rings. The van der Waals surface area contributed by atoms with Crippen molar-refractivity contribution in [1.29, 1.82) is 0 Å². The standard InChI is InChI=1S/C10H19NO2.C5H12N2/c1-10(2,3)13-9(12)11-7-5-4-6-8-11;1-5-4-6-2-3-7-5/h4-8H2,1-3H3;5-7H,2-4H2,1H3. The summed E-state index contributed by atoms with van der Waals surface area (Å²) in [6.45, 7) is 13.0. The molecule has 1 atom stereocenters. The molecule has 2 N–H and O–H groups in total. The summed E-state index contributed by atoms with van der Waals surface area (Å²) in [6.07, 6.45) is 3.30. The zero-order chi connectivity index (χ0) is 15.0. The second kappa shape index (κ2) is 8.47. The van der Waals surface area contributed by atoms with E-state index in [0.29, 0.717) is 6.04 Å². The number of carbonyl (C=O) groups excluding carboxylic acids is 1. The zero-order valence-corrected chi connectivity index (χ0v) is 13.5. The van der Waals surface area contributed by atoms with E-state index in [-0.39, 0.29) is 11.7 Å². The lowest BCUT2D eigenvalue weighted by Crippen LogP contribution is -2.46. The van der Waals surface area contributed by atoms with Crippen LogP contribution in [0, 0.1) is 0 Å². The van der Waals surface area contributed by atoms with E-state index in [9.17, 15) is 4.79 Å². The highest BCUT2D eigenvalue weighted by molar-refractivity contribution is 5.68. The second-order valence-corrected chi connectivity index (χ2v) is 6.59. The molecule has 5 heteroatoms. The number of nitrogens with zero attached hydrogens (tertiary/aromatic N) is 1. The Labute approximate surface area is 123 Å². The van der Waals surface area contributed by atoms with Gasteiger partial charge in [-0.1, -0.05) is 0 Å². The predicted molar refractivity (Wildman–Crippen MR) is 82.0 cm³/mol. The van der Waals surface area contributed by atoms with Crippen LogP contribution in [0.25, 0.3) is 0 Å². The molecule has 2 aliphatic heterocycles. The van der Waals surface area contributed by atoms with Crippen LogP contribution in [0.1, 0.15) is 47.0 Å². The summed E-state index contributed by atoms with van der Waals surface area (Å²) in [4.78, 5) is 13.3. The van der Waals surface area contributed by atoms with Crippen molar-refractivity contribution in [2.45, 2.75) is 58.6 Å². The van der Waals surface area contributed by atoms with E-state index in [1.807, 2.05) is 20.8 Å². The summed E-state index contributed by atoms with van der Waals surface area (Å²) >= 11 is 0. The van der Waals surface area contributed by atoms with Crippen molar-refractivity contribution < 1.29 is 9.53 Å². The Bertz CT molecular complexity index is 277. The smallest absolute Gasteiger partial charge is 0.410 e. The van der Waals surface area contributed by atoms with E-state index in [1.165, 1.54) is 6.42 Å². The molecule has 0 bridgehead atoms. The third-order valence-corrected chi connectivity index (χ3v) is 3.25. The lowest BCUT2D eigenvalue weighted by Gasteiger charge is -2.29. The summed E-state index contributed by atoms with van der Waals surface area (Å²) in [7, 11) is 0. The SMILES string of the molecule is CC(C)(C)OC(=O)N1CCCCC1.CC1CNCCN1. The number of hydrogen-bond donors (Lipinski definition) is 2. The molecule has 0 spiro atoms. The molecular weight excluding hydrogens is 254 g/mol. The molecule has 2 fully saturated rings. The van der Waals surface area contributed by atoms with Crippen LogP contribution in [0.3, 0.4) is 0 Å². The highest BCUT2D eigenvalue weighted by Crippen LogP contribution is 2.14. The number of likely N-dealkylation sites (tertiary alicyclic amines) is 1. The van der Waals surface area contributed by atoms with Crippen LogP contribution < -0.4 is 10.6 Å². The molecule has 0 aromatic heterocycles. The van der Waals surface area contributed by atoms with Gasteiger partial charge in [0.2, 0.25) is 0 Å². The van der Waals surface area contributed by atoms with Gasteiger partial charge >= 0.3 is 6.09 Å². The Morgan fingerprint density at radius 2 is 1.80 bits per heavy atom. The van der Waals surface area contributed by atoms with Gasteiger partial charge in [-0.05, 0) is 47.0 Å². The third kappa shape index (κ3) is 7.70. The fourth-order valence-corrected chi connectivity index (χ4v) is 2.20. The first-order chi connectivity index (χ1) is 9.38. The maximum atomic E-state index is 11.5. The predicted octanol–water partition coefficient (Wildman–Crippen LogP) is 1.98. The summed E-state index contributed by atoms with van der Waals surface area (Å²) in [5, 5.41) is 6.59. The van der Waals surface area contributed by atoms with Gasteiger partial charge in [0, 0.05) is 38.8 Å². The first kappa shape index (κ1) is 17.2. The number of rotatable bonds is 0. The summed E-state index contributed by atoms with van der Waals surface area (Å²) in [5.74, 6) is 0. The van der Waals surface area contributed by atoms with Gasteiger partial charge in [0.25, 0.3) is 0 Å². The molecule has 0 radical (unpaired) electrons. The Hall–Kier alpha value is -0.810. The Morgan fingerprint density at radius 1 is 1.15 bits per heavy atom. The number of ether oxygens (including phenoxy) is 1. The van der Waals surface area contributed by atoms with Crippen LogP contribution in [0.4, 0.5) is 4.79 Å². The number of hydrogen-bond acceptors (Lipinski definition) is 4. The van der Waals surface area contributed by atoms with Crippen LogP contribution in [0.5, 0.6) is 0 Å². The van der Waals surface area contributed by atoms with Crippen molar-refractivity contribution in [3.8, 4) is 0 Å². The Balaban J connectivity index is 0.000000240. The van der Waals surface area contributed by atoms with Crippen molar-refractivity contribution in [1.82, 2.24) is 15.5 Å². The molecule has 0 aromatic rings. The normalized spacial score (nSPS) is 23.6. The van der Waals surface area contributed by atoms with Crippen molar-refractivity contribution in [2.24, 2.45) is 0 Å². The maximum absolute atomic E-state index is 11.5. The van der Waals surface area contributed by atoms with Gasteiger partial charge in [0.05, 0.1) is 0 Å². The largest absolute Gasteiger partial charge is 0.444 e. The minimum Gasteiger partial charge on any atom is -0.444 e. The van der Waals surface area contributed by atoms with Crippen molar-refractivity contribution >= 4 is 6.09 Å². The van der Waals surface area contributed by atoms with Gasteiger partial charge in [0.15, 0.2) is 0 Å². The first-order valence-electron chi connectivity index (χ1n) is 7.80. The summed E-state index contributed by atoms with van der Waals surface area (Å²) in [6, 6.07) is 0.675. The van der Waals surface area contributed by atoms with Crippen LogP contribution in [0.2, 0.25) is 0 Å². The number of amides is 1. The molecular formula is C15H31N3O2. The van der Waals surface area contributed by atoms with Gasteiger partial charge in [0.1, 0.15) is 5.60 Å². The minimum absolute atomic E-state index is 0.160. The number of nitrogens with one attached hydrogen (secondary N) is 2. The van der Waals surface area contributed by atoms with E-state index in [2.05, 4.69) is 17.6 Å². The van der Waals surface area contributed by atoms with E-state index in [1.54, 1.807) is 4.90 Å². The molecule has 5 nitrogen and oxygen atoms in total. The number of carbonyl (C=O) groups is 1. The van der Waals surface area contributed by atoms with Crippen molar-refractivity contribution in [3.05, 3.63) is 0 Å². The molecule has 2 saturated heterocycles. The topological polar surface area (TPSA) is 53.6 Å². The molecule has 0 aromatic carbocycles. The molecule has 118 valence electrons. The van der Waals surface area contributed by atoms with E-state index in [0.717, 1.165) is 45.6 Å². The molecule has 2 rings (SSSR count). The average molecular weight is 285 g/mol. The third-order valence-electron chi connectivity index (χ3n) is 3.25. The van der Waals surface area contributed by atoms with Crippen molar-refractivity contribution in [3.63, 3.8) is 0 Å². The summed E-state index contributed by atoms with van der Waals surface area (Å²) < 4.78 is 5.26. The second-order valence-electron chi connectivity index (χ2n) is 6.59. The first-order valence-corrected chi connectivity index (χ1v) is 7.80. The van der Waals surface area contributed by atoms with Crippen molar-refractivity contribution in [2.75, 3.05) is 32.7 Å². The van der Waals surface area contributed by atoms with Crippen LogP contribution in [-0.2, 0) is 4.74 Å². The number of piperidine rings is 1. The van der Waals surface area contributed by atoms with Gasteiger partial charge < -0.3 is 20.3 Å². The number of piperazine rings is 1. The average Bonchev–Trinajstić information content (AvgIpc) is 2.39. The molecule has 1 amide bonds. The highest BCUT2D eigenvalue weighted by Gasteiger charge is 2.22. The molecule has 20 heavy (non-hydrogen) atoms. The molecule has 2 heterocycles. The van der Waals surface area contributed by atoms with Crippen LogP contribution in [0.15, 0.2) is 0 Å². The Kier molecular flexibility index (Phi) is 7.30. The Morgan fingerprint density at radius 3 is 2.20 bits per heavy atom. The van der Waals surface area contributed by atoms with Crippen LogP contribution >= 0.6 is 0 Å². The highest BCUT2D eigenvalue weighted by atomic mass is 16.6. The molecule has 1 unspecified atom stereocenters.